The maximum absolute atomic E-state index is 13.5. The van der Waals surface area contributed by atoms with Gasteiger partial charge < -0.3 is 38.5 Å². The number of aromatic nitrogens is 2. The molecular formula is C29H38N2O9S. The second-order valence-electron chi connectivity index (χ2n) is 9.80. The average Bonchev–Trinajstić information content (AvgIpc) is 3.66. The van der Waals surface area contributed by atoms with E-state index in [0.29, 0.717) is 47.9 Å². The van der Waals surface area contributed by atoms with Crippen molar-refractivity contribution in [2.24, 2.45) is 0 Å². The number of ether oxygens (including phenoxy) is 6. The summed E-state index contributed by atoms with van der Waals surface area (Å²) in [5.41, 5.74) is 1.48. The number of sulfone groups is 1. The molecule has 2 heterocycles. The molecule has 1 aromatic heterocycles. The molecule has 224 valence electrons. The molecule has 4 rings (SSSR count). The number of H-pyrrole nitrogens is 1. The van der Waals surface area contributed by atoms with Gasteiger partial charge in [-0.15, -0.1) is 0 Å². The Kier molecular flexibility index (Phi) is 10.0. The van der Waals surface area contributed by atoms with E-state index >= 15 is 0 Å². The average molecular weight is 591 g/mol. The molecular weight excluding hydrogens is 552 g/mol. The summed E-state index contributed by atoms with van der Waals surface area (Å²) in [4.78, 5) is 7.13. The van der Waals surface area contributed by atoms with E-state index < -0.39 is 27.8 Å². The van der Waals surface area contributed by atoms with Gasteiger partial charge in [-0.3, -0.25) is 0 Å². The zero-order valence-corrected chi connectivity index (χ0v) is 24.8. The summed E-state index contributed by atoms with van der Waals surface area (Å²) < 4.78 is 61.9. The first kappa shape index (κ1) is 30.5. The summed E-state index contributed by atoms with van der Waals surface area (Å²) in [6.45, 7) is 3.73. The van der Waals surface area contributed by atoms with E-state index in [1.165, 1.54) is 6.92 Å². The van der Waals surface area contributed by atoms with Gasteiger partial charge in [0, 0.05) is 12.4 Å². The van der Waals surface area contributed by atoms with Crippen LogP contribution in [0.25, 0.3) is 0 Å². The van der Waals surface area contributed by atoms with Crippen molar-refractivity contribution in [1.29, 1.82) is 0 Å². The molecule has 12 heteroatoms. The number of rotatable bonds is 14. The minimum Gasteiger partial charge on any atom is -0.493 e. The van der Waals surface area contributed by atoms with Crippen molar-refractivity contribution < 1.29 is 41.9 Å². The smallest absolute Gasteiger partial charge is 0.203 e. The number of hydrogen-bond acceptors (Lipinski definition) is 10. The van der Waals surface area contributed by atoms with Crippen LogP contribution in [-0.2, 0) is 21.2 Å². The fourth-order valence-electron chi connectivity index (χ4n) is 4.81. The number of hydrogen-bond donors (Lipinski definition) is 2. The maximum atomic E-state index is 13.5. The molecule has 1 unspecified atom stereocenters. The van der Waals surface area contributed by atoms with Crippen LogP contribution in [0, 0.1) is 0 Å². The fraction of sp³-hybridized carbons (Fsp3) is 0.483. The van der Waals surface area contributed by atoms with Gasteiger partial charge in [0.1, 0.15) is 17.3 Å². The van der Waals surface area contributed by atoms with E-state index in [9.17, 15) is 13.5 Å². The first-order chi connectivity index (χ1) is 19.7. The quantitative estimate of drug-likeness (QED) is 0.275. The van der Waals surface area contributed by atoms with E-state index in [2.05, 4.69) is 9.97 Å². The van der Waals surface area contributed by atoms with Crippen LogP contribution in [0.2, 0.25) is 0 Å². The van der Waals surface area contributed by atoms with Gasteiger partial charge >= 0.3 is 0 Å². The molecule has 0 aliphatic carbocycles. The van der Waals surface area contributed by atoms with Crippen LogP contribution < -0.4 is 23.7 Å². The Labute approximate surface area is 240 Å². The molecule has 3 atom stereocenters. The van der Waals surface area contributed by atoms with Crippen LogP contribution in [0.3, 0.4) is 0 Å². The van der Waals surface area contributed by atoms with Crippen molar-refractivity contribution in [3.63, 3.8) is 0 Å². The van der Waals surface area contributed by atoms with Crippen molar-refractivity contribution in [1.82, 2.24) is 9.97 Å². The van der Waals surface area contributed by atoms with Crippen molar-refractivity contribution in [3.8, 4) is 28.7 Å². The lowest BCUT2D eigenvalue weighted by Crippen LogP contribution is -2.19. The molecule has 0 amide bonds. The number of aliphatic hydroxyl groups is 1. The number of methoxy groups -OCH3 is 3. The molecule has 1 saturated heterocycles. The minimum absolute atomic E-state index is 0.0429. The molecule has 0 bridgehead atoms. The normalized spacial score (nSPS) is 17.7. The van der Waals surface area contributed by atoms with Gasteiger partial charge in [0.25, 0.3) is 0 Å². The van der Waals surface area contributed by atoms with Crippen molar-refractivity contribution >= 4 is 9.84 Å². The fourth-order valence-corrected chi connectivity index (χ4v) is 6.38. The third-order valence-corrected chi connectivity index (χ3v) is 8.55. The van der Waals surface area contributed by atoms with Crippen LogP contribution in [0.5, 0.6) is 28.7 Å². The van der Waals surface area contributed by atoms with Crippen molar-refractivity contribution in [3.05, 3.63) is 53.6 Å². The Morgan fingerprint density at radius 2 is 1.61 bits per heavy atom. The Hall–Kier alpha value is -3.48. The van der Waals surface area contributed by atoms with Crippen LogP contribution in [0.4, 0.5) is 0 Å². The molecule has 1 fully saturated rings. The summed E-state index contributed by atoms with van der Waals surface area (Å²) in [6, 6.07) is 7.04. The Balaban J connectivity index is 1.73. The summed E-state index contributed by atoms with van der Waals surface area (Å²) in [5.74, 6) is 2.01. The third-order valence-electron chi connectivity index (χ3n) is 6.66. The second kappa shape index (κ2) is 13.5. The summed E-state index contributed by atoms with van der Waals surface area (Å²) >= 11 is 0. The minimum atomic E-state index is -3.94. The monoisotopic (exact) mass is 590 g/mol. The van der Waals surface area contributed by atoms with Gasteiger partial charge in [0.05, 0.1) is 52.0 Å². The van der Waals surface area contributed by atoms with Gasteiger partial charge in [-0.25, -0.2) is 13.4 Å². The molecule has 2 N–H and O–H groups in total. The van der Waals surface area contributed by atoms with Gasteiger partial charge in [-0.05, 0) is 61.6 Å². The number of nitrogens with one attached hydrogen (secondary N) is 1. The van der Waals surface area contributed by atoms with E-state index in [1.54, 1.807) is 45.9 Å². The highest BCUT2D eigenvalue weighted by atomic mass is 32.2. The molecule has 11 nitrogen and oxygen atoms in total. The van der Waals surface area contributed by atoms with Crippen LogP contribution in [-0.4, -0.2) is 63.3 Å². The Morgan fingerprint density at radius 1 is 0.976 bits per heavy atom. The van der Waals surface area contributed by atoms with Crippen molar-refractivity contribution in [2.45, 2.75) is 62.9 Å². The highest BCUT2D eigenvalue weighted by Crippen LogP contribution is 2.48. The zero-order chi connectivity index (χ0) is 29.6. The van der Waals surface area contributed by atoms with Crippen LogP contribution in [0.1, 0.15) is 62.3 Å². The largest absolute Gasteiger partial charge is 0.493 e. The molecule has 2 aromatic carbocycles. The van der Waals surface area contributed by atoms with Crippen LogP contribution in [0.15, 0.2) is 41.6 Å². The topological polar surface area (TPSA) is 138 Å². The lowest BCUT2D eigenvalue weighted by atomic mass is 10.0. The van der Waals surface area contributed by atoms with Crippen LogP contribution >= 0.6 is 0 Å². The van der Waals surface area contributed by atoms with E-state index in [-0.39, 0.29) is 35.7 Å². The third kappa shape index (κ3) is 7.06. The second-order valence-corrected chi connectivity index (χ2v) is 11.8. The van der Waals surface area contributed by atoms with Gasteiger partial charge in [-0.2, -0.15) is 0 Å². The SMILES string of the molecule is CCCOc1c(OCc2ncc[nH]2)cc([C@H]2CC[C@H](c3cc(OC)c(OC)c(OC)c3)O2)cc1S(=O)(=O)CC(C)O. The van der Waals surface area contributed by atoms with Gasteiger partial charge in [-0.1, -0.05) is 6.92 Å². The highest BCUT2D eigenvalue weighted by Gasteiger charge is 2.33. The van der Waals surface area contributed by atoms with E-state index in [0.717, 1.165) is 5.56 Å². The molecule has 41 heavy (non-hydrogen) atoms. The van der Waals surface area contributed by atoms with E-state index in [1.807, 2.05) is 19.1 Å². The molecule has 1 aliphatic heterocycles. The van der Waals surface area contributed by atoms with Crippen molar-refractivity contribution in [2.75, 3.05) is 33.7 Å². The highest BCUT2D eigenvalue weighted by molar-refractivity contribution is 7.91. The maximum Gasteiger partial charge on any atom is 0.203 e. The Morgan fingerprint density at radius 3 is 2.15 bits per heavy atom. The van der Waals surface area contributed by atoms with E-state index in [4.69, 9.17) is 28.4 Å². The zero-order valence-electron chi connectivity index (χ0n) is 24.0. The van der Waals surface area contributed by atoms with Gasteiger partial charge in [0.2, 0.25) is 5.75 Å². The summed E-state index contributed by atoms with van der Waals surface area (Å²) in [6.07, 6.45) is 3.47. The predicted octanol–water partition coefficient (Wildman–Crippen LogP) is 4.55. The molecule has 0 spiro atoms. The summed E-state index contributed by atoms with van der Waals surface area (Å²) in [5, 5.41) is 9.96. The number of aliphatic hydroxyl groups excluding tert-OH is 1. The Bertz CT molecular complexity index is 1380. The first-order valence-corrected chi connectivity index (χ1v) is 15.1. The lowest BCUT2D eigenvalue weighted by molar-refractivity contribution is 0.0434. The standard InChI is InChI=1S/C29H38N2O9S/c1-6-11-38-29-25(39-16-27-30-9-10-31-27)14-20(15-26(29)41(33,34)17-18(2)32)22-8-7-21(40-22)19-12-23(35-3)28(37-5)24(13-19)36-4/h9-10,12-15,18,21-22,32H,6-8,11,16-17H2,1-5H3,(H,30,31)/t18?,21-,22-/m1/s1. The number of aromatic amines is 1. The lowest BCUT2D eigenvalue weighted by Gasteiger charge is -2.21. The predicted molar refractivity (Wildman–Crippen MR) is 151 cm³/mol. The van der Waals surface area contributed by atoms with Gasteiger partial charge in [0.15, 0.2) is 32.8 Å². The molecule has 0 radical (unpaired) electrons. The number of nitrogens with zero attached hydrogens (tertiary/aromatic N) is 1. The first-order valence-electron chi connectivity index (χ1n) is 13.5. The number of benzene rings is 2. The molecule has 1 aliphatic rings. The molecule has 0 saturated carbocycles. The summed E-state index contributed by atoms with van der Waals surface area (Å²) in [7, 11) is 0.720. The molecule has 3 aromatic rings. The number of imidazole rings is 1.